The number of benzene rings is 4. The maximum absolute atomic E-state index is 14.8. The van der Waals surface area contributed by atoms with Crippen LogP contribution >= 0.6 is 0 Å². The summed E-state index contributed by atoms with van der Waals surface area (Å²) in [5.41, 5.74) is -4.53. The molecule has 4 aromatic rings. The van der Waals surface area contributed by atoms with Crippen LogP contribution in [0.3, 0.4) is 0 Å². The molecule has 5 unspecified atom stereocenters. The molecule has 2 aliphatic carbocycles. The summed E-state index contributed by atoms with van der Waals surface area (Å²) >= 11 is 0. The molecule has 73 heavy (non-hydrogen) atoms. The van der Waals surface area contributed by atoms with Crippen molar-refractivity contribution in [1.82, 2.24) is 0 Å². The van der Waals surface area contributed by atoms with E-state index < -0.39 is 98.6 Å². The quantitative estimate of drug-likeness (QED) is 0.101. The Morgan fingerprint density at radius 2 is 0.945 bits per heavy atom. The Bertz CT molecular complexity index is 2490. The van der Waals surface area contributed by atoms with Gasteiger partial charge >= 0.3 is 12.2 Å². The standard InChI is InChI=1S/C27H29F7O3.C27H27F7O2/c1-2-3-15-4-5-23(36-14-15)16-6-8-26(35,9-7-16)17-10-19(28)24(20(29)11-17)27(33,34)37-18-12-21(30)25(32)22(31)13-18;1-2-3-15-4-9-24(35-14-15)17-7-5-16(6-8-17)18-10-20(28)25(21(29)11-18)27(33,34)36-19-12-22(30)26(32)23(31)13-19/h10-13,15-16,23,35H,2-9,14H2,1H3;5,10-13,15,17,24H,2-4,6-9,14H2,1H3. The molecule has 4 aliphatic rings. The van der Waals surface area contributed by atoms with Crippen molar-refractivity contribution in [3.8, 4) is 11.5 Å². The smallest absolute Gasteiger partial charge is 0.429 e. The van der Waals surface area contributed by atoms with Crippen LogP contribution in [-0.2, 0) is 27.3 Å². The summed E-state index contributed by atoms with van der Waals surface area (Å²) in [6, 6.07) is 3.43. The maximum Gasteiger partial charge on any atom is 0.432 e. The lowest BCUT2D eigenvalue weighted by Crippen LogP contribution is -2.39. The van der Waals surface area contributed by atoms with Crippen LogP contribution in [0.2, 0.25) is 0 Å². The first-order valence-corrected chi connectivity index (χ1v) is 24.6. The summed E-state index contributed by atoms with van der Waals surface area (Å²) in [7, 11) is 0. The van der Waals surface area contributed by atoms with Crippen LogP contribution in [0.15, 0.2) is 54.6 Å². The highest BCUT2D eigenvalue weighted by molar-refractivity contribution is 5.67. The van der Waals surface area contributed by atoms with Crippen LogP contribution < -0.4 is 9.47 Å². The van der Waals surface area contributed by atoms with Crippen molar-refractivity contribution in [2.45, 2.75) is 140 Å². The second-order valence-corrected chi connectivity index (χ2v) is 19.6. The van der Waals surface area contributed by atoms with Gasteiger partial charge in [-0.25, -0.2) is 43.9 Å². The summed E-state index contributed by atoms with van der Waals surface area (Å²) in [5, 5.41) is 11.1. The van der Waals surface area contributed by atoms with Gasteiger partial charge in [0.15, 0.2) is 34.9 Å². The Balaban J connectivity index is 0.000000214. The number of hydrogen-bond acceptors (Lipinski definition) is 5. The molecule has 19 heteroatoms. The van der Waals surface area contributed by atoms with Gasteiger partial charge in [0.05, 0.1) is 17.8 Å². The Labute approximate surface area is 413 Å². The Morgan fingerprint density at radius 1 is 0.534 bits per heavy atom. The first-order valence-electron chi connectivity index (χ1n) is 24.6. The number of aliphatic hydroxyl groups is 1. The lowest BCUT2D eigenvalue weighted by atomic mass is 9.72. The fourth-order valence-corrected chi connectivity index (χ4v) is 10.6. The highest BCUT2D eigenvalue weighted by Crippen LogP contribution is 2.46. The molecule has 2 saturated heterocycles. The zero-order valence-electron chi connectivity index (χ0n) is 40.1. The molecule has 3 fully saturated rings. The molecule has 4 aromatic carbocycles. The van der Waals surface area contributed by atoms with Crippen molar-refractivity contribution in [3.05, 3.63) is 135 Å². The zero-order valence-corrected chi connectivity index (χ0v) is 40.1. The molecule has 0 radical (unpaired) electrons. The fraction of sp³-hybridized carbons (Fsp3) is 0.519. The third kappa shape index (κ3) is 13.2. The molecule has 5 nitrogen and oxygen atoms in total. The van der Waals surface area contributed by atoms with E-state index >= 15 is 0 Å². The molecule has 0 bridgehead atoms. The second-order valence-electron chi connectivity index (χ2n) is 19.6. The third-order valence-electron chi connectivity index (χ3n) is 14.5. The predicted molar refractivity (Wildman–Crippen MR) is 240 cm³/mol. The van der Waals surface area contributed by atoms with E-state index in [0.29, 0.717) is 67.7 Å². The SMILES string of the molecule is CCCC1CCC(C2CC=C(c3cc(F)c(C(F)(F)Oc4cc(F)c(F)c(F)c4)c(F)c3)CC2)OC1.CCCC1CCC(C2CCC(O)(c3cc(F)c(C(F)(F)Oc4cc(F)c(F)c(F)c4)c(F)c3)CC2)OC1. The van der Waals surface area contributed by atoms with E-state index in [0.717, 1.165) is 76.5 Å². The Kier molecular flexibility index (Phi) is 17.9. The van der Waals surface area contributed by atoms with Gasteiger partial charge in [-0.2, -0.15) is 17.6 Å². The van der Waals surface area contributed by atoms with Crippen molar-refractivity contribution in [2.24, 2.45) is 23.7 Å². The molecule has 0 spiro atoms. The van der Waals surface area contributed by atoms with Crippen molar-refractivity contribution >= 4 is 5.57 Å². The molecule has 2 aliphatic heterocycles. The molecule has 0 aromatic heterocycles. The normalized spacial score (nSPS) is 24.9. The molecule has 400 valence electrons. The van der Waals surface area contributed by atoms with Crippen molar-refractivity contribution in [3.63, 3.8) is 0 Å². The van der Waals surface area contributed by atoms with Gasteiger partial charge in [0.1, 0.15) is 45.9 Å². The molecule has 1 saturated carbocycles. The predicted octanol–water partition coefficient (Wildman–Crippen LogP) is 15.8. The summed E-state index contributed by atoms with van der Waals surface area (Å²) in [5.74, 6) is -18.2. The second kappa shape index (κ2) is 23.3. The minimum atomic E-state index is -4.68. The van der Waals surface area contributed by atoms with E-state index in [1.165, 1.54) is 0 Å². The van der Waals surface area contributed by atoms with Crippen molar-refractivity contribution < 1.29 is 85.5 Å². The monoisotopic (exact) mass is 1050 g/mol. The summed E-state index contributed by atoms with van der Waals surface area (Å²) in [6.45, 7) is 5.73. The van der Waals surface area contributed by atoms with Crippen LogP contribution in [0.25, 0.3) is 5.57 Å². The van der Waals surface area contributed by atoms with E-state index in [-0.39, 0.29) is 66.4 Å². The van der Waals surface area contributed by atoms with Crippen LogP contribution in [0.5, 0.6) is 11.5 Å². The molecule has 0 amide bonds. The number of halogens is 14. The number of ether oxygens (including phenoxy) is 4. The fourth-order valence-electron chi connectivity index (χ4n) is 10.6. The minimum absolute atomic E-state index is 0.0606. The van der Waals surface area contributed by atoms with E-state index in [2.05, 4.69) is 23.3 Å². The van der Waals surface area contributed by atoms with E-state index in [9.17, 15) is 66.6 Å². The lowest BCUT2D eigenvalue weighted by molar-refractivity contribution is -0.190. The summed E-state index contributed by atoms with van der Waals surface area (Å²) in [6.07, 6.45) is 4.73. The van der Waals surface area contributed by atoms with Crippen LogP contribution in [0, 0.1) is 81.8 Å². The van der Waals surface area contributed by atoms with Gasteiger partial charge < -0.3 is 24.1 Å². The highest BCUT2D eigenvalue weighted by Gasteiger charge is 2.45. The summed E-state index contributed by atoms with van der Waals surface area (Å²) < 4.78 is 217. The highest BCUT2D eigenvalue weighted by atomic mass is 19.3. The number of allylic oxidation sites excluding steroid dienone is 2. The molecular formula is C54H56F14O5. The van der Waals surface area contributed by atoms with E-state index in [4.69, 9.17) is 9.47 Å². The largest absolute Gasteiger partial charge is 0.432 e. The molecule has 1 N–H and O–H groups in total. The zero-order chi connectivity index (χ0) is 53.0. The number of alkyl halides is 4. The molecule has 2 heterocycles. The van der Waals surface area contributed by atoms with Gasteiger partial charge in [-0.3, -0.25) is 0 Å². The maximum atomic E-state index is 14.8. The Hall–Kier alpha value is -4.88. The van der Waals surface area contributed by atoms with E-state index in [1.807, 2.05) is 6.08 Å². The number of hydrogen-bond donors (Lipinski definition) is 1. The van der Waals surface area contributed by atoms with Crippen molar-refractivity contribution in [1.29, 1.82) is 0 Å². The minimum Gasteiger partial charge on any atom is -0.429 e. The van der Waals surface area contributed by atoms with E-state index in [1.54, 1.807) is 0 Å². The van der Waals surface area contributed by atoms with Gasteiger partial charge in [-0.15, -0.1) is 0 Å². The van der Waals surface area contributed by atoms with Crippen molar-refractivity contribution in [2.75, 3.05) is 13.2 Å². The van der Waals surface area contributed by atoms with Gasteiger partial charge in [-0.05, 0) is 148 Å². The van der Waals surface area contributed by atoms with Gasteiger partial charge in [0.2, 0.25) is 0 Å². The number of rotatable bonds is 14. The average Bonchev–Trinajstić information content (AvgIpc) is 3.33. The van der Waals surface area contributed by atoms with Gasteiger partial charge in [0.25, 0.3) is 0 Å². The van der Waals surface area contributed by atoms with Gasteiger partial charge in [0, 0.05) is 37.5 Å². The molecule has 5 atom stereocenters. The van der Waals surface area contributed by atoms with Crippen LogP contribution in [-0.4, -0.2) is 30.5 Å². The summed E-state index contributed by atoms with van der Waals surface area (Å²) in [4.78, 5) is 0. The average molecular weight is 1050 g/mol. The topological polar surface area (TPSA) is 57.2 Å². The van der Waals surface area contributed by atoms with Crippen LogP contribution in [0.1, 0.15) is 132 Å². The lowest BCUT2D eigenvalue weighted by Gasteiger charge is -2.41. The van der Waals surface area contributed by atoms with Gasteiger partial charge in [-0.1, -0.05) is 32.8 Å². The first-order chi connectivity index (χ1) is 34.5. The Morgan fingerprint density at radius 3 is 1.32 bits per heavy atom. The van der Waals surface area contributed by atoms with Crippen LogP contribution in [0.4, 0.5) is 61.5 Å². The molecule has 8 rings (SSSR count). The molecular weight excluding hydrogens is 995 g/mol. The first kappa shape index (κ1) is 55.9. The third-order valence-corrected chi connectivity index (χ3v) is 14.5.